The van der Waals surface area contributed by atoms with Crippen molar-refractivity contribution in [1.82, 2.24) is 4.90 Å². The van der Waals surface area contributed by atoms with E-state index in [1.165, 1.54) is 30.1 Å². The van der Waals surface area contributed by atoms with E-state index in [1.54, 1.807) is 18.2 Å². The molecular weight excluding hydrogens is 334 g/mol. The van der Waals surface area contributed by atoms with E-state index in [0.717, 1.165) is 23.9 Å². The second-order valence-electron chi connectivity index (χ2n) is 5.06. The van der Waals surface area contributed by atoms with Crippen LogP contribution in [0.1, 0.15) is 5.56 Å². The number of benzene rings is 2. The number of likely N-dealkylation sites (N-methyl/N-ethyl adjacent to an activating group) is 1. The molecule has 7 heteroatoms. The molecule has 122 valence electrons. The van der Waals surface area contributed by atoms with Gasteiger partial charge in [-0.1, -0.05) is 12.1 Å². The first-order valence-corrected chi connectivity index (χ1v) is 7.76. The highest BCUT2D eigenvalue weighted by atomic mass is 32.2. The van der Waals surface area contributed by atoms with Crippen LogP contribution >= 0.6 is 11.8 Å². The summed E-state index contributed by atoms with van der Waals surface area (Å²) in [5.41, 5.74) is 0.616. The fraction of sp³-hybridized carbons (Fsp3) is 0.0588. The van der Waals surface area contributed by atoms with Crippen LogP contribution in [0.4, 0.5) is 14.5 Å². The molecule has 1 saturated heterocycles. The molecule has 1 N–H and O–H groups in total. The molecule has 0 aliphatic carbocycles. The number of carbonyl (C=O) groups is 1. The van der Waals surface area contributed by atoms with E-state index < -0.39 is 11.6 Å². The van der Waals surface area contributed by atoms with E-state index in [2.05, 4.69) is 4.99 Å². The van der Waals surface area contributed by atoms with Crippen molar-refractivity contribution in [2.75, 3.05) is 7.05 Å². The molecule has 0 saturated carbocycles. The molecule has 1 amide bonds. The zero-order valence-corrected chi connectivity index (χ0v) is 13.3. The van der Waals surface area contributed by atoms with Crippen LogP contribution in [-0.2, 0) is 4.79 Å². The zero-order valence-electron chi connectivity index (χ0n) is 12.5. The number of phenolic OH excluding ortho intramolecular Hbond substituents is 1. The molecule has 0 bridgehead atoms. The second kappa shape index (κ2) is 6.45. The Morgan fingerprint density at radius 2 is 2.00 bits per heavy atom. The van der Waals surface area contributed by atoms with Crippen LogP contribution < -0.4 is 0 Å². The van der Waals surface area contributed by atoms with Gasteiger partial charge in [0.15, 0.2) is 11.0 Å². The van der Waals surface area contributed by atoms with E-state index in [-0.39, 0.29) is 22.5 Å². The normalized spacial score (nSPS) is 18.0. The van der Waals surface area contributed by atoms with Crippen molar-refractivity contribution < 1.29 is 18.7 Å². The number of hydrogen-bond donors (Lipinski definition) is 1. The fourth-order valence-electron chi connectivity index (χ4n) is 2.09. The Labute approximate surface area is 141 Å². The predicted molar refractivity (Wildman–Crippen MR) is 89.9 cm³/mol. The van der Waals surface area contributed by atoms with Gasteiger partial charge in [0.2, 0.25) is 0 Å². The summed E-state index contributed by atoms with van der Waals surface area (Å²) in [5, 5.41) is 9.77. The molecule has 3 rings (SSSR count). The standard InChI is InChI=1S/C17H12F2N2O2S/c1-21-16(23)15(8-10-3-2-4-12(22)7-10)24-17(21)20-14-6-5-11(18)9-13(14)19/h2-9,22H,1H3/b15-8+,20-17?. The van der Waals surface area contributed by atoms with E-state index in [4.69, 9.17) is 0 Å². The van der Waals surface area contributed by atoms with Crippen LogP contribution in [0.5, 0.6) is 5.75 Å². The number of phenols is 1. The third-order valence-corrected chi connectivity index (χ3v) is 4.36. The summed E-state index contributed by atoms with van der Waals surface area (Å²) in [6.45, 7) is 0. The minimum atomic E-state index is -0.797. The summed E-state index contributed by atoms with van der Waals surface area (Å²) in [6, 6.07) is 9.52. The van der Waals surface area contributed by atoms with Crippen LogP contribution in [0.15, 0.2) is 52.4 Å². The molecular formula is C17H12F2N2O2S. The van der Waals surface area contributed by atoms with Gasteiger partial charge in [-0.2, -0.15) is 0 Å². The molecule has 0 aromatic heterocycles. The Morgan fingerprint density at radius 1 is 1.21 bits per heavy atom. The monoisotopic (exact) mass is 346 g/mol. The van der Waals surface area contributed by atoms with Crippen LogP contribution in [0.25, 0.3) is 6.08 Å². The highest BCUT2D eigenvalue weighted by Crippen LogP contribution is 2.34. The van der Waals surface area contributed by atoms with Gasteiger partial charge in [-0.25, -0.2) is 13.8 Å². The van der Waals surface area contributed by atoms with Crippen molar-refractivity contribution in [3.8, 4) is 5.75 Å². The first-order valence-electron chi connectivity index (χ1n) is 6.94. The summed E-state index contributed by atoms with van der Waals surface area (Å²) in [6.07, 6.45) is 1.62. The average molecular weight is 346 g/mol. The predicted octanol–water partition coefficient (Wildman–Crippen LogP) is 3.90. The van der Waals surface area contributed by atoms with E-state index >= 15 is 0 Å². The zero-order chi connectivity index (χ0) is 17.3. The average Bonchev–Trinajstić information content (AvgIpc) is 2.78. The SMILES string of the molecule is CN1C(=O)/C(=C\c2cccc(O)c2)SC1=Nc1ccc(F)cc1F. The van der Waals surface area contributed by atoms with Crippen molar-refractivity contribution in [2.24, 2.45) is 4.99 Å². The number of halogens is 2. The molecule has 4 nitrogen and oxygen atoms in total. The largest absolute Gasteiger partial charge is 0.508 e. The molecule has 24 heavy (non-hydrogen) atoms. The number of amidine groups is 1. The molecule has 2 aromatic carbocycles. The third-order valence-electron chi connectivity index (χ3n) is 3.30. The highest BCUT2D eigenvalue weighted by molar-refractivity contribution is 8.18. The van der Waals surface area contributed by atoms with Crippen LogP contribution in [0, 0.1) is 11.6 Å². The second-order valence-corrected chi connectivity index (χ2v) is 6.07. The summed E-state index contributed by atoms with van der Waals surface area (Å²) >= 11 is 1.08. The summed E-state index contributed by atoms with van der Waals surface area (Å²) in [7, 11) is 1.53. The smallest absolute Gasteiger partial charge is 0.266 e. The number of thioether (sulfide) groups is 1. The van der Waals surface area contributed by atoms with Crippen molar-refractivity contribution >= 4 is 34.6 Å². The van der Waals surface area contributed by atoms with Crippen molar-refractivity contribution in [2.45, 2.75) is 0 Å². The number of aromatic hydroxyl groups is 1. The lowest BCUT2D eigenvalue weighted by Gasteiger charge is -2.07. The van der Waals surface area contributed by atoms with E-state index in [0.29, 0.717) is 10.5 Å². The Hall–Kier alpha value is -2.67. The maximum Gasteiger partial charge on any atom is 0.266 e. The molecule has 1 aliphatic rings. The van der Waals surface area contributed by atoms with Crippen LogP contribution in [-0.4, -0.2) is 28.1 Å². The Bertz CT molecular complexity index is 881. The fourth-order valence-corrected chi connectivity index (χ4v) is 3.07. The summed E-state index contributed by atoms with van der Waals surface area (Å²) < 4.78 is 26.7. The van der Waals surface area contributed by atoms with Gasteiger partial charge >= 0.3 is 0 Å². The van der Waals surface area contributed by atoms with Gasteiger partial charge in [0, 0.05) is 13.1 Å². The molecule has 0 atom stereocenters. The lowest BCUT2D eigenvalue weighted by Crippen LogP contribution is -2.23. The van der Waals surface area contributed by atoms with Crippen molar-refractivity contribution in [1.29, 1.82) is 0 Å². The highest BCUT2D eigenvalue weighted by Gasteiger charge is 2.30. The lowest BCUT2D eigenvalue weighted by atomic mass is 10.2. The van der Waals surface area contributed by atoms with Gasteiger partial charge in [0.25, 0.3) is 5.91 Å². The summed E-state index contributed by atoms with van der Waals surface area (Å²) in [4.78, 5) is 18.1. The van der Waals surface area contributed by atoms with Gasteiger partial charge in [-0.3, -0.25) is 9.69 Å². The Balaban J connectivity index is 1.92. The minimum absolute atomic E-state index is 0.0443. The van der Waals surface area contributed by atoms with E-state index in [1.807, 2.05) is 0 Å². The maximum absolute atomic E-state index is 13.7. The number of amides is 1. The Kier molecular flexibility index (Phi) is 4.35. The third kappa shape index (κ3) is 3.30. The topological polar surface area (TPSA) is 52.9 Å². The molecule has 0 spiro atoms. The van der Waals surface area contributed by atoms with Gasteiger partial charge in [0.1, 0.15) is 17.3 Å². The van der Waals surface area contributed by atoms with Gasteiger partial charge < -0.3 is 5.11 Å². The Morgan fingerprint density at radius 3 is 2.71 bits per heavy atom. The van der Waals surface area contributed by atoms with Gasteiger partial charge in [-0.05, 0) is 47.7 Å². The molecule has 0 radical (unpaired) electrons. The number of hydrogen-bond acceptors (Lipinski definition) is 4. The molecule has 1 aliphatic heterocycles. The van der Waals surface area contributed by atoms with Crippen molar-refractivity contribution in [3.63, 3.8) is 0 Å². The van der Waals surface area contributed by atoms with E-state index in [9.17, 15) is 18.7 Å². The number of carbonyl (C=O) groups excluding carboxylic acids is 1. The maximum atomic E-state index is 13.7. The summed E-state index contributed by atoms with van der Waals surface area (Å²) in [5.74, 6) is -1.68. The lowest BCUT2D eigenvalue weighted by molar-refractivity contribution is -0.121. The molecule has 2 aromatic rings. The quantitative estimate of drug-likeness (QED) is 0.839. The first kappa shape index (κ1) is 16.2. The van der Waals surface area contributed by atoms with Gasteiger partial charge in [0.05, 0.1) is 4.91 Å². The van der Waals surface area contributed by atoms with Crippen LogP contribution in [0.2, 0.25) is 0 Å². The molecule has 1 heterocycles. The molecule has 1 fully saturated rings. The first-order chi connectivity index (χ1) is 11.4. The number of aliphatic imine (C=N–C) groups is 1. The van der Waals surface area contributed by atoms with Gasteiger partial charge in [-0.15, -0.1) is 0 Å². The molecule has 0 unspecified atom stereocenters. The van der Waals surface area contributed by atoms with Crippen molar-refractivity contribution in [3.05, 3.63) is 64.6 Å². The number of rotatable bonds is 2. The minimum Gasteiger partial charge on any atom is -0.508 e. The van der Waals surface area contributed by atoms with Crippen LogP contribution in [0.3, 0.4) is 0 Å². The number of nitrogens with zero attached hydrogens (tertiary/aromatic N) is 2.